The second-order valence-electron chi connectivity index (χ2n) is 6.21. The molecule has 1 aliphatic rings. The molecule has 1 unspecified atom stereocenters. The lowest BCUT2D eigenvalue weighted by molar-refractivity contribution is 0.254. The Morgan fingerprint density at radius 1 is 1.36 bits per heavy atom. The Morgan fingerprint density at radius 2 is 2.20 bits per heavy atom. The van der Waals surface area contributed by atoms with Gasteiger partial charge >= 0.3 is 0 Å². The summed E-state index contributed by atoms with van der Waals surface area (Å²) in [5, 5.41) is 13.1. The van der Waals surface area contributed by atoms with Gasteiger partial charge in [-0.15, -0.1) is 11.8 Å². The first-order valence-corrected chi connectivity index (χ1v) is 9.41. The molecule has 2 aromatic rings. The van der Waals surface area contributed by atoms with Crippen LogP contribution in [0, 0.1) is 0 Å². The largest absolute Gasteiger partial charge is 0.394 e. The predicted octanol–water partition coefficient (Wildman–Crippen LogP) is 2.83. The van der Waals surface area contributed by atoms with Crippen LogP contribution in [0.2, 0.25) is 0 Å². The highest BCUT2D eigenvalue weighted by Gasteiger charge is 2.19. The third-order valence-corrected chi connectivity index (χ3v) is 5.09. The lowest BCUT2D eigenvalue weighted by Gasteiger charge is -2.19. The molecule has 1 aliphatic heterocycles. The van der Waals surface area contributed by atoms with Crippen molar-refractivity contribution in [2.45, 2.75) is 31.0 Å². The number of thioether (sulfide) groups is 1. The van der Waals surface area contributed by atoms with E-state index in [0.29, 0.717) is 0 Å². The average molecular weight is 356 g/mol. The Morgan fingerprint density at radius 3 is 2.88 bits per heavy atom. The van der Waals surface area contributed by atoms with Crippen molar-refractivity contribution in [1.82, 2.24) is 20.2 Å². The minimum atomic E-state index is -0.288. The third kappa shape index (κ3) is 4.21. The molecule has 5 nitrogen and oxygen atoms in total. The van der Waals surface area contributed by atoms with Crippen molar-refractivity contribution in [3.05, 3.63) is 59.7 Å². The molecular formula is C19H24N4OS. The lowest BCUT2D eigenvalue weighted by atomic mass is 10.1. The van der Waals surface area contributed by atoms with Crippen LogP contribution in [0.1, 0.15) is 35.5 Å². The summed E-state index contributed by atoms with van der Waals surface area (Å²) in [5.74, 6) is 1.01. The van der Waals surface area contributed by atoms with Crippen molar-refractivity contribution < 1.29 is 5.11 Å². The van der Waals surface area contributed by atoms with Crippen molar-refractivity contribution in [2.75, 3.05) is 19.4 Å². The van der Waals surface area contributed by atoms with Crippen LogP contribution in [0.25, 0.3) is 5.70 Å². The highest BCUT2D eigenvalue weighted by Crippen LogP contribution is 2.24. The first-order valence-electron chi connectivity index (χ1n) is 8.42. The Hall–Kier alpha value is -1.89. The van der Waals surface area contributed by atoms with E-state index in [-0.39, 0.29) is 12.6 Å². The van der Waals surface area contributed by atoms with Gasteiger partial charge in [0, 0.05) is 41.6 Å². The summed E-state index contributed by atoms with van der Waals surface area (Å²) in [7, 11) is 2.09. The van der Waals surface area contributed by atoms with Gasteiger partial charge in [0.05, 0.1) is 24.0 Å². The molecule has 0 saturated carbocycles. The maximum Gasteiger partial charge on any atom is 0.0917 e. The minimum absolute atomic E-state index is 0.0482. The number of nitrogens with zero attached hydrogens (tertiary/aromatic N) is 3. The van der Waals surface area contributed by atoms with Gasteiger partial charge in [0.1, 0.15) is 0 Å². The molecule has 1 atom stereocenters. The summed E-state index contributed by atoms with van der Waals surface area (Å²) in [4.78, 5) is 12.4. The molecule has 0 fully saturated rings. The number of aromatic nitrogens is 2. The van der Waals surface area contributed by atoms with E-state index in [0.717, 1.165) is 46.4 Å². The number of nitrogens with one attached hydrogen (secondary N) is 1. The number of aliphatic hydroxyl groups excluding tert-OH is 1. The second kappa shape index (κ2) is 7.99. The molecule has 0 amide bonds. The van der Waals surface area contributed by atoms with Crippen LogP contribution >= 0.6 is 11.8 Å². The maximum absolute atomic E-state index is 9.77. The summed E-state index contributed by atoms with van der Waals surface area (Å²) in [6.07, 6.45) is 3.69. The van der Waals surface area contributed by atoms with Crippen molar-refractivity contribution in [3.63, 3.8) is 0 Å². The van der Waals surface area contributed by atoms with Crippen molar-refractivity contribution in [3.8, 4) is 0 Å². The summed E-state index contributed by atoms with van der Waals surface area (Å²) < 4.78 is 0. The quantitative estimate of drug-likeness (QED) is 0.744. The number of aliphatic hydroxyl groups is 1. The van der Waals surface area contributed by atoms with E-state index in [9.17, 15) is 5.11 Å². The monoisotopic (exact) mass is 356 g/mol. The Labute approximate surface area is 153 Å². The van der Waals surface area contributed by atoms with Crippen LogP contribution in [0.15, 0.2) is 42.1 Å². The van der Waals surface area contributed by atoms with Gasteiger partial charge in [-0.25, -0.2) is 0 Å². The van der Waals surface area contributed by atoms with Crippen molar-refractivity contribution >= 4 is 17.5 Å². The molecular weight excluding hydrogens is 332 g/mol. The maximum atomic E-state index is 9.77. The summed E-state index contributed by atoms with van der Waals surface area (Å²) >= 11 is 1.75. The molecule has 3 heterocycles. The zero-order chi connectivity index (χ0) is 17.8. The number of rotatable bonds is 7. The van der Waals surface area contributed by atoms with Gasteiger partial charge in [-0.1, -0.05) is 13.5 Å². The van der Waals surface area contributed by atoms with Crippen LogP contribution in [0.5, 0.6) is 0 Å². The zero-order valence-electron chi connectivity index (χ0n) is 14.7. The van der Waals surface area contributed by atoms with E-state index in [4.69, 9.17) is 0 Å². The van der Waals surface area contributed by atoms with E-state index in [1.807, 2.05) is 24.5 Å². The highest BCUT2D eigenvalue weighted by molar-refractivity contribution is 7.99. The van der Waals surface area contributed by atoms with E-state index < -0.39 is 0 Å². The number of hydrogen-bond donors (Lipinski definition) is 2. The Kier molecular flexibility index (Phi) is 5.73. The molecule has 2 aromatic heterocycles. The normalized spacial score (nSPS) is 15.0. The molecule has 6 heteroatoms. The van der Waals surface area contributed by atoms with Gasteiger partial charge in [0.15, 0.2) is 0 Å². The summed E-state index contributed by atoms with van der Waals surface area (Å²) in [6, 6.07) is 5.83. The van der Waals surface area contributed by atoms with Gasteiger partial charge in [0.2, 0.25) is 0 Å². The van der Waals surface area contributed by atoms with Crippen LogP contribution in [0.4, 0.5) is 0 Å². The topological polar surface area (TPSA) is 61.3 Å². The highest BCUT2D eigenvalue weighted by atomic mass is 32.2. The lowest BCUT2D eigenvalue weighted by Crippen LogP contribution is -2.23. The molecule has 0 radical (unpaired) electrons. The summed E-state index contributed by atoms with van der Waals surface area (Å²) in [5.41, 5.74) is 4.87. The van der Waals surface area contributed by atoms with Crippen molar-refractivity contribution in [1.29, 1.82) is 0 Å². The molecule has 0 aliphatic carbocycles. The predicted molar refractivity (Wildman–Crippen MR) is 102 cm³/mol. The van der Waals surface area contributed by atoms with E-state index >= 15 is 0 Å². The third-order valence-electron chi connectivity index (χ3n) is 4.23. The van der Waals surface area contributed by atoms with E-state index in [2.05, 4.69) is 46.8 Å². The molecule has 2 N–H and O–H groups in total. The SMILES string of the molecule is C=C(NC(CO)c1ccc(SCC)cn1)c1cnc2c(c1)CN(C)C2. The molecule has 0 saturated heterocycles. The molecule has 25 heavy (non-hydrogen) atoms. The smallest absolute Gasteiger partial charge is 0.0917 e. The second-order valence-corrected chi connectivity index (χ2v) is 7.55. The van der Waals surface area contributed by atoms with Gasteiger partial charge in [-0.05, 0) is 36.6 Å². The van der Waals surface area contributed by atoms with Crippen LogP contribution in [0.3, 0.4) is 0 Å². The molecule has 132 valence electrons. The van der Waals surface area contributed by atoms with Gasteiger partial charge < -0.3 is 10.4 Å². The molecule has 0 spiro atoms. The fraction of sp³-hybridized carbons (Fsp3) is 0.368. The Bertz CT molecular complexity index is 748. The summed E-state index contributed by atoms with van der Waals surface area (Å²) in [6.45, 7) is 7.99. The van der Waals surface area contributed by atoms with Gasteiger partial charge in [-0.2, -0.15) is 0 Å². The van der Waals surface area contributed by atoms with Crippen LogP contribution < -0.4 is 5.32 Å². The first kappa shape index (κ1) is 17.9. The fourth-order valence-corrected chi connectivity index (χ4v) is 3.57. The van der Waals surface area contributed by atoms with Crippen molar-refractivity contribution in [2.24, 2.45) is 0 Å². The number of fused-ring (bicyclic) bond motifs is 1. The van der Waals surface area contributed by atoms with Gasteiger partial charge in [-0.3, -0.25) is 14.9 Å². The van der Waals surface area contributed by atoms with Gasteiger partial charge in [0.25, 0.3) is 0 Å². The molecule has 0 bridgehead atoms. The van der Waals surface area contributed by atoms with E-state index in [1.54, 1.807) is 11.8 Å². The van der Waals surface area contributed by atoms with E-state index in [1.165, 1.54) is 5.56 Å². The standard InChI is InChI=1S/C19H24N4OS/c1-4-25-16-5-6-17(21-9-16)19(12-24)22-13(2)14-7-15-10-23(3)11-18(15)20-8-14/h5-9,19,22,24H,2,4,10-12H2,1,3H3. The zero-order valence-corrected chi connectivity index (χ0v) is 15.5. The minimum Gasteiger partial charge on any atom is -0.394 e. The van der Waals surface area contributed by atoms with Crippen LogP contribution in [-0.4, -0.2) is 39.4 Å². The van der Waals surface area contributed by atoms with Crippen LogP contribution in [-0.2, 0) is 13.1 Å². The molecule has 3 rings (SSSR count). The number of hydrogen-bond acceptors (Lipinski definition) is 6. The first-order chi connectivity index (χ1) is 12.1. The molecule has 0 aromatic carbocycles. The number of pyridine rings is 2. The average Bonchev–Trinajstić information content (AvgIpc) is 2.99. The Balaban J connectivity index is 1.71. The fourth-order valence-electron chi connectivity index (χ4n) is 2.94.